The summed E-state index contributed by atoms with van der Waals surface area (Å²) in [5.41, 5.74) is 1.19. The first kappa shape index (κ1) is 14.0. The Morgan fingerprint density at radius 2 is 1.94 bits per heavy atom. The van der Waals surface area contributed by atoms with Crippen molar-refractivity contribution in [2.75, 3.05) is 20.3 Å². The summed E-state index contributed by atoms with van der Waals surface area (Å²) in [6.45, 7) is 7.81. The van der Waals surface area contributed by atoms with E-state index in [1.807, 2.05) is 25.1 Å². The highest BCUT2D eigenvalue weighted by molar-refractivity contribution is 5.35. The molecule has 1 N–H and O–H groups in total. The minimum atomic E-state index is 0.0648. The van der Waals surface area contributed by atoms with Gasteiger partial charge in [0.25, 0.3) is 0 Å². The number of hydrogen-bond acceptors (Lipinski definition) is 3. The van der Waals surface area contributed by atoms with Gasteiger partial charge >= 0.3 is 0 Å². The Bertz CT molecular complexity index is 328. The first-order valence-corrected chi connectivity index (χ1v) is 6.17. The molecular weight excluding hydrogens is 214 g/mol. The van der Waals surface area contributed by atoms with Gasteiger partial charge in [0.1, 0.15) is 11.9 Å². The molecule has 0 saturated heterocycles. The number of benzene rings is 1. The van der Waals surface area contributed by atoms with Crippen LogP contribution in [-0.2, 0) is 4.74 Å². The third-order valence-electron chi connectivity index (χ3n) is 2.63. The molecule has 0 fully saturated rings. The van der Waals surface area contributed by atoms with Crippen molar-refractivity contribution in [1.29, 1.82) is 0 Å². The number of methoxy groups -OCH3 is 1. The van der Waals surface area contributed by atoms with Crippen molar-refractivity contribution in [3.05, 3.63) is 29.8 Å². The highest BCUT2D eigenvalue weighted by atomic mass is 16.5. The number of nitrogens with one attached hydrogen (secondary N) is 1. The molecule has 0 spiro atoms. The van der Waals surface area contributed by atoms with E-state index in [4.69, 9.17) is 9.47 Å². The lowest BCUT2D eigenvalue weighted by molar-refractivity contribution is 0.0910. The van der Waals surface area contributed by atoms with E-state index in [1.54, 1.807) is 7.11 Å². The molecule has 1 aromatic carbocycles. The fourth-order valence-corrected chi connectivity index (χ4v) is 1.85. The Morgan fingerprint density at radius 3 is 2.59 bits per heavy atom. The number of hydrogen-bond donors (Lipinski definition) is 1. The van der Waals surface area contributed by atoms with Crippen LogP contribution in [0.2, 0.25) is 0 Å². The van der Waals surface area contributed by atoms with E-state index in [2.05, 4.69) is 25.2 Å². The van der Waals surface area contributed by atoms with E-state index in [9.17, 15) is 0 Å². The predicted molar refractivity (Wildman–Crippen MR) is 70.5 cm³/mol. The van der Waals surface area contributed by atoms with Crippen LogP contribution < -0.4 is 10.1 Å². The zero-order valence-electron chi connectivity index (χ0n) is 11.2. The second kappa shape index (κ2) is 7.30. The summed E-state index contributed by atoms with van der Waals surface area (Å²) < 4.78 is 11.0. The molecule has 0 radical (unpaired) electrons. The van der Waals surface area contributed by atoms with Crippen molar-refractivity contribution in [3.63, 3.8) is 0 Å². The van der Waals surface area contributed by atoms with Gasteiger partial charge in [-0.25, -0.2) is 0 Å². The second-order valence-electron chi connectivity index (χ2n) is 4.20. The van der Waals surface area contributed by atoms with Gasteiger partial charge in [-0.15, -0.1) is 0 Å². The molecule has 2 unspecified atom stereocenters. The second-order valence-corrected chi connectivity index (χ2v) is 4.20. The van der Waals surface area contributed by atoms with Gasteiger partial charge in [-0.2, -0.15) is 0 Å². The molecule has 1 aromatic rings. The van der Waals surface area contributed by atoms with Crippen LogP contribution in [0.4, 0.5) is 0 Å². The summed E-state index contributed by atoms with van der Waals surface area (Å²) in [5.74, 6) is 0.936. The maximum absolute atomic E-state index is 5.89. The molecule has 96 valence electrons. The number of rotatable bonds is 7. The van der Waals surface area contributed by atoms with E-state index in [-0.39, 0.29) is 6.10 Å². The van der Waals surface area contributed by atoms with Crippen LogP contribution in [0.15, 0.2) is 24.3 Å². The molecule has 0 aliphatic carbocycles. The van der Waals surface area contributed by atoms with Crippen molar-refractivity contribution >= 4 is 0 Å². The lowest BCUT2D eigenvalue weighted by atomic mass is 10.1. The predicted octanol–water partition coefficient (Wildman–Crippen LogP) is 2.77. The minimum absolute atomic E-state index is 0.0648. The van der Waals surface area contributed by atoms with Gasteiger partial charge in [0.15, 0.2) is 0 Å². The van der Waals surface area contributed by atoms with Crippen molar-refractivity contribution in [1.82, 2.24) is 5.32 Å². The third-order valence-corrected chi connectivity index (χ3v) is 2.63. The van der Waals surface area contributed by atoms with E-state index in [1.165, 1.54) is 5.56 Å². The van der Waals surface area contributed by atoms with Crippen LogP contribution in [0.3, 0.4) is 0 Å². The summed E-state index contributed by atoms with van der Waals surface area (Å²) in [7, 11) is 1.69. The van der Waals surface area contributed by atoms with E-state index < -0.39 is 0 Å². The van der Waals surface area contributed by atoms with Crippen molar-refractivity contribution in [3.8, 4) is 5.75 Å². The lowest BCUT2D eigenvalue weighted by Gasteiger charge is -2.20. The molecule has 0 aromatic heterocycles. The molecule has 0 aliphatic heterocycles. The molecule has 0 bridgehead atoms. The zero-order chi connectivity index (χ0) is 12.7. The number of ether oxygens (including phenoxy) is 2. The largest absolute Gasteiger partial charge is 0.488 e. The van der Waals surface area contributed by atoms with Crippen molar-refractivity contribution < 1.29 is 9.47 Å². The first-order valence-electron chi connectivity index (χ1n) is 6.17. The maximum atomic E-state index is 5.89. The maximum Gasteiger partial charge on any atom is 0.124 e. The van der Waals surface area contributed by atoms with Crippen LogP contribution in [-0.4, -0.2) is 26.4 Å². The minimum Gasteiger partial charge on any atom is -0.488 e. The third kappa shape index (κ3) is 4.36. The Hall–Kier alpha value is -1.06. The van der Waals surface area contributed by atoms with E-state index >= 15 is 0 Å². The monoisotopic (exact) mass is 237 g/mol. The van der Waals surface area contributed by atoms with Crippen molar-refractivity contribution in [2.45, 2.75) is 32.9 Å². The van der Waals surface area contributed by atoms with Gasteiger partial charge < -0.3 is 14.8 Å². The Morgan fingerprint density at radius 1 is 1.24 bits per heavy atom. The highest BCUT2D eigenvalue weighted by Crippen LogP contribution is 2.25. The molecule has 3 heteroatoms. The summed E-state index contributed by atoms with van der Waals surface area (Å²) in [4.78, 5) is 0. The molecule has 0 aliphatic rings. The molecule has 0 amide bonds. The molecule has 2 atom stereocenters. The Kier molecular flexibility index (Phi) is 6.01. The van der Waals surface area contributed by atoms with Gasteiger partial charge in [0.05, 0.1) is 6.61 Å². The Labute approximate surface area is 104 Å². The lowest BCUT2D eigenvalue weighted by Crippen LogP contribution is -2.22. The number of para-hydroxylation sites is 1. The zero-order valence-corrected chi connectivity index (χ0v) is 11.2. The topological polar surface area (TPSA) is 30.5 Å². The molecule has 1 rings (SSSR count). The van der Waals surface area contributed by atoms with Gasteiger partial charge in [0.2, 0.25) is 0 Å². The van der Waals surface area contributed by atoms with Gasteiger partial charge in [-0.3, -0.25) is 0 Å². The SMILES string of the molecule is CCNC(C)c1ccccc1OC(C)COC. The van der Waals surface area contributed by atoms with Crippen molar-refractivity contribution in [2.24, 2.45) is 0 Å². The standard InChI is InChI=1S/C14H23NO2/c1-5-15-12(3)13-8-6-7-9-14(13)17-11(2)10-16-4/h6-9,11-12,15H,5,10H2,1-4H3. The fraction of sp³-hybridized carbons (Fsp3) is 0.571. The molecule has 0 saturated carbocycles. The molecule has 0 heterocycles. The van der Waals surface area contributed by atoms with Crippen LogP contribution in [0.1, 0.15) is 32.4 Å². The van der Waals surface area contributed by atoms with Crippen LogP contribution >= 0.6 is 0 Å². The average Bonchev–Trinajstić information content (AvgIpc) is 2.30. The normalized spacial score (nSPS) is 14.4. The highest BCUT2D eigenvalue weighted by Gasteiger charge is 2.12. The summed E-state index contributed by atoms with van der Waals surface area (Å²) in [6, 6.07) is 8.44. The summed E-state index contributed by atoms with van der Waals surface area (Å²) >= 11 is 0. The van der Waals surface area contributed by atoms with Crippen LogP contribution in [0.5, 0.6) is 5.75 Å². The van der Waals surface area contributed by atoms with E-state index in [0.29, 0.717) is 12.6 Å². The van der Waals surface area contributed by atoms with Gasteiger partial charge in [0, 0.05) is 18.7 Å². The average molecular weight is 237 g/mol. The molecule has 3 nitrogen and oxygen atoms in total. The van der Waals surface area contributed by atoms with Gasteiger partial charge in [-0.1, -0.05) is 25.1 Å². The molecular formula is C14H23NO2. The summed E-state index contributed by atoms with van der Waals surface area (Å²) in [5, 5.41) is 3.40. The van der Waals surface area contributed by atoms with Crippen LogP contribution in [0.25, 0.3) is 0 Å². The Balaban J connectivity index is 2.76. The molecule has 17 heavy (non-hydrogen) atoms. The van der Waals surface area contributed by atoms with Gasteiger partial charge in [-0.05, 0) is 26.5 Å². The van der Waals surface area contributed by atoms with E-state index in [0.717, 1.165) is 12.3 Å². The quantitative estimate of drug-likeness (QED) is 0.791. The smallest absolute Gasteiger partial charge is 0.124 e. The van der Waals surface area contributed by atoms with Crippen LogP contribution in [0, 0.1) is 0 Å². The fourth-order valence-electron chi connectivity index (χ4n) is 1.85. The first-order chi connectivity index (χ1) is 8.19. The summed E-state index contributed by atoms with van der Waals surface area (Å²) in [6.07, 6.45) is 0.0648.